The second kappa shape index (κ2) is 14.8. The number of rotatable bonds is 15. The molecule has 0 aromatic heterocycles. The molecule has 0 spiro atoms. The average molecular weight is 639 g/mol. The Labute approximate surface area is 277 Å². The van der Waals surface area contributed by atoms with E-state index in [1.54, 1.807) is 0 Å². The zero-order chi connectivity index (χ0) is 33.1. The van der Waals surface area contributed by atoms with E-state index < -0.39 is 17.0 Å². The number of ether oxygens (including phenoxy) is 1. The second-order valence-corrected chi connectivity index (χ2v) is 16.4. The first kappa shape index (κ1) is 35.0. The highest BCUT2D eigenvalue weighted by atomic mass is 16.6. The molecule has 3 N–H and O–H groups in total. The van der Waals surface area contributed by atoms with Gasteiger partial charge in [-0.25, -0.2) is 4.79 Å². The molecule has 1 aromatic rings. The van der Waals surface area contributed by atoms with Gasteiger partial charge in [-0.15, -0.1) is 0 Å². The minimum Gasteiger partial charge on any atom is -0.446 e. The van der Waals surface area contributed by atoms with Crippen LogP contribution in [0.2, 0.25) is 0 Å². The van der Waals surface area contributed by atoms with Gasteiger partial charge in [0, 0.05) is 26.1 Å². The van der Waals surface area contributed by atoms with Crippen LogP contribution in [0.15, 0.2) is 21.2 Å². The number of nitrogens with zero attached hydrogens (tertiary/aromatic N) is 1. The molecule has 4 aliphatic carbocycles. The highest BCUT2D eigenvalue weighted by Gasteiger charge is 2.58. The minimum atomic E-state index is -0.502. The van der Waals surface area contributed by atoms with Crippen molar-refractivity contribution in [1.29, 1.82) is 0 Å². The SMILES string of the molecule is CC(C)CCCCC1CCC2C3CC=C4CC(OC(=O)NCCNc5c(NCCCN(C)C)c(=O)c5=O)CCC4(C)C3CCC12C. The van der Waals surface area contributed by atoms with E-state index in [1.807, 2.05) is 14.1 Å². The zero-order valence-electron chi connectivity index (χ0n) is 29.6. The van der Waals surface area contributed by atoms with Crippen LogP contribution < -0.4 is 26.8 Å². The molecule has 7 atom stereocenters. The van der Waals surface area contributed by atoms with Crippen LogP contribution in [0, 0.1) is 40.4 Å². The fourth-order valence-electron chi connectivity index (χ4n) is 10.1. The topological polar surface area (TPSA) is 99.8 Å². The van der Waals surface area contributed by atoms with Crippen molar-refractivity contribution in [1.82, 2.24) is 10.2 Å². The number of carbonyl (C=O) groups is 1. The summed E-state index contributed by atoms with van der Waals surface area (Å²) in [6.45, 7) is 12.1. The van der Waals surface area contributed by atoms with E-state index in [1.165, 1.54) is 63.4 Å². The Morgan fingerprint density at radius 1 is 0.935 bits per heavy atom. The molecule has 0 aliphatic heterocycles. The van der Waals surface area contributed by atoms with Gasteiger partial charge in [0.15, 0.2) is 0 Å². The molecule has 0 heterocycles. The maximum Gasteiger partial charge on any atom is 0.407 e. The molecule has 46 heavy (non-hydrogen) atoms. The lowest BCUT2D eigenvalue weighted by Crippen LogP contribution is -2.50. The summed E-state index contributed by atoms with van der Waals surface area (Å²) in [7, 11) is 4.00. The number of hydrogen-bond acceptors (Lipinski definition) is 7. The van der Waals surface area contributed by atoms with Crippen LogP contribution in [0.5, 0.6) is 0 Å². The number of allylic oxidation sites excluding steroid dienone is 1. The number of carbonyl (C=O) groups excluding carboxylic acids is 1. The number of nitrogens with one attached hydrogen (secondary N) is 3. The summed E-state index contributed by atoms with van der Waals surface area (Å²) in [5.74, 6) is 4.16. The summed E-state index contributed by atoms with van der Waals surface area (Å²) < 4.78 is 5.91. The third-order valence-corrected chi connectivity index (χ3v) is 12.8. The Morgan fingerprint density at radius 3 is 2.39 bits per heavy atom. The molecule has 3 fully saturated rings. The van der Waals surface area contributed by atoms with E-state index in [9.17, 15) is 14.4 Å². The number of amides is 1. The third kappa shape index (κ3) is 7.37. The summed E-state index contributed by atoms with van der Waals surface area (Å²) in [6, 6.07) is 0. The highest BCUT2D eigenvalue weighted by Crippen LogP contribution is 2.66. The zero-order valence-corrected chi connectivity index (χ0v) is 29.6. The molecule has 8 heteroatoms. The predicted octanol–water partition coefficient (Wildman–Crippen LogP) is 6.95. The minimum absolute atomic E-state index is 0.0918. The fraction of sp³-hybridized carbons (Fsp3) is 0.816. The van der Waals surface area contributed by atoms with Gasteiger partial charge in [-0.1, -0.05) is 58.6 Å². The quantitative estimate of drug-likeness (QED) is 0.109. The first-order valence-electron chi connectivity index (χ1n) is 18.5. The van der Waals surface area contributed by atoms with Crippen molar-refractivity contribution in [2.75, 3.05) is 50.9 Å². The van der Waals surface area contributed by atoms with E-state index in [0.29, 0.717) is 36.4 Å². The van der Waals surface area contributed by atoms with Gasteiger partial charge >= 0.3 is 6.09 Å². The molecule has 5 rings (SSSR count). The van der Waals surface area contributed by atoms with Crippen LogP contribution in [-0.4, -0.2) is 57.4 Å². The first-order valence-corrected chi connectivity index (χ1v) is 18.5. The molecule has 4 aliphatic rings. The maximum atomic E-state index is 12.7. The van der Waals surface area contributed by atoms with E-state index in [0.717, 1.165) is 61.8 Å². The molecule has 7 unspecified atom stereocenters. The summed E-state index contributed by atoms with van der Waals surface area (Å²) >= 11 is 0. The molecule has 1 aromatic carbocycles. The molecule has 0 radical (unpaired) electrons. The number of unbranched alkanes of at least 4 members (excludes halogenated alkanes) is 1. The summed E-state index contributed by atoms with van der Waals surface area (Å²) in [5.41, 5.74) is 1.97. The van der Waals surface area contributed by atoms with Crippen LogP contribution in [-0.2, 0) is 4.74 Å². The Bertz CT molecular complexity index is 1300. The van der Waals surface area contributed by atoms with Crippen LogP contribution in [0.4, 0.5) is 16.2 Å². The second-order valence-electron chi connectivity index (χ2n) is 16.4. The lowest BCUT2D eigenvalue weighted by atomic mass is 9.47. The molecule has 1 amide bonds. The third-order valence-electron chi connectivity index (χ3n) is 12.8. The Hall–Kier alpha value is -2.35. The van der Waals surface area contributed by atoms with Crippen LogP contribution in [0.3, 0.4) is 0 Å². The summed E-state index contributed by atoms with van der Waals surface area (Å²) in [4.78, 5) is 38.8. The molecule has 258 valence electrons. The van der Waals surface area contributed by atoms with Gasteiger partial charge in [0.1, 0.15) is 17.5 Å². The van der Waals surface area contributed by atoms with E-state index >= 15 is 0 Å². The Kier molecular flexibility index (Phi) is 11.3. The predicted molar refractivity (Wildman–Crippen MR) is 188 cm³/mol. The van der Waals surface area contributed by atoms with Crippen molar-refractivity contribution in [2.45, 2.75) is 117 Å². The molecule has 8 nitrogen and oxygen atoms in total. The summed E-state index contributed by atoms with van der Waals surface area (Å²) in [5, 5.41) is 8.94. The van der Waals surface area contributed by atoms with Gasteiger partial charge in [-0.05, 0) is 119 Å². The van der Waals surface area contributed by atoms with Gasteiger partial charge in [0.2, 0.25) is 0 Å². The first-order chi connectivity index (χ1) is 21.9. The molecule has 0 bridgehead atoms. The lowest BCUT2D eigenvalue weighted by molar-refractivity contribution is -0.0519. The van der Waals surface area contributed by atoms with Gasteiger partial charge in [-0.3, -0.25) is 9.59 Å². The van der Waals surface area contributed by atoms with Gasteiger partial charge in [0.25, 0.3) is 10.9 Å². The molecule has 3 saturated carbocycles. The van der Waals surface area contributed by atoms with Crippen LogP contribution in [0.1, 0.15) is 111 Å². The number of hydrogen-bond donors (Lipinski definition) is 3. The number of fused-ring (bicyclic) bond motifs is 5. The van der Waals surface area contributed by atoms with E-state index in [-0.39, 0.29) is 11.5 Å². The van der Waals surface area contributed by atoms with Crippen molar-refractivity contribution in [3.8, 4) is 0 Å². The number of alkyl carbamates (subject to hydrolysis) is 1. The van der Waals surface area contributed by atoms with Crippen molar-refractivity contribution in [3.63, 3.8) is 0 Å². The Balaban J connectivity index is 1.07. The summed E-state index contributed by atoms with van der Waals surface area (Å²) in [6.07, 6.45) is 18.2. The normalized spacial score (nSPS) is 32.1. The van der Waals surface area contributed by atoms with Crippen LogP contribution in [0.25, 0.3) is 0 Å². The maximum absolute atomic E-state index is 12.7. The standard InChI is InChI=1S/C38H62N4O4/c1-25(2)10-7-8-11-26-13-15-30-29-14-12-27-24-28(16-18-38(27,4)31(29)17-19-37(26,30)3)46-36(45)41-22-21-40-33-32(34(43)35(33)44)39-20-9-23-42(5)6/h12,25-26,28-31,39-40H,7-11,13-24H2,1-6H3,(H,41,45). The van der Waals surface area contributed by atoms with Crippen LogP contribution >= 0.6 is 0 Å². The molecule has 0 saturated heterocycles. The van der Waals surface area contributed by atoms with Crippen molar-refractivity contribution in [2.24, 2.45) is 40.4 Å². The van der Waals surface area contributed by atoms with Gasteiger partial charge < -0.3 is 25.6 Å². The van der Waals surface area contributed by atoms with Crippen molar-refractivity contribution < 1.29 is 9.53 Å². The largest absolute Gasteiger partial charge is 0.446 e. The van der Waals surface area contributed by atoms with E-state index in [4.69, 9.17) is 4.74 Å². The van der Waals surface area contributed by atoms with Crippen molar-refractivity contribution >= 4 is 17.5 Å². The fourth-order valence-corrected chi connectivity index (χ4v) is 10.1. The smallest absolute Gasteiger partial charge is 0.407 e. The Morgan fingerprint density at radius 2 is 1.67 bits per heavy atom. The lowest BCUT2D eigenvalue weighted by Gasteiger charge is -2.58. The monoisotopic (exact) mass is 638 g/mol. The molecular formula is C38H62N4O4. The van der Waals surface area contributed by atoms with Gasteiger partial charge in [-0.2, -0.15) is 0 Å². The van der Waals surface area contributed by atoms with E-state index in [2.05, 4.69) is 54.6 Å². The van der Waals surface area contributed by atoms with Crippen molar-refractivity contribution in [3.05, 3.63) is 32.1 Å². The highest BCUT2D eigenvalue weighted by molar-refractivity contribution is 5.74. The molecular weight excluding hydrogens is 576 g/mol. The number of anilines is 2. The average Bonchev–Trinajstić information content (AvgIpc) is 3.35. The van der Waals surface area contributed by atoms with Gasteiger partial charge in [0.05, 0.1) is 0 Å².